The van der Waals surface area contributed by atoms with E-state index in [1.165, 1.54) is 16.8 Å². The van der Waals surface area contributed by atoms with Crippen molar-refractivity contribution in [2.45, 2.75) is 45.7 Å². The summed E-state index contributed by atoms with van der Waals surface area (Å²) in [7, 11) is 0. The molecule has 110 valence electrons. The van der Waals surface area contributed by atoms with Gasteiger partial charge in [-0.1, -0.05) is 20.3 Å². The van der Waals surface area contributed by atoms with Crippen LogP contribution in [0, 0.1) is 0 Å². The van der Waals surface area contributed by atoms with E-state index in [2.05, 4.69) is 10.4 Å². The molecule has 1 amide bonds. The number of amides is 1. The summed E-state index contributed by atoms with van der Waals surface area (Å²) in [6, 6.07) is 1.61. The molecule has 2 N–H and O–H groups in total. The Bertz CT molecular complexity index is 539. The molecule has 0 aromatic carbocycles. The average molecular weight is 281 g/mol. The Morgan fingerprint density at radius 1 is 1.35 bits per heavy atom. The van der Waals surface area contributed by atoms with Crippen molar-refractivity contribution in [2.75, 3.05) is 0 Å². The summed E-state index contributed by atoms with van der Waals surface area (Å²) in [5.74, 6) is -1.67. The fourth-order valence-corrected chi connectivity index (χ4v) is 1.72. The van der Waals surface area contributed by atoms with Gasteiger partial charge >= 0.3 is 5.97 Å². The van der Waals surface area contributed by atoms with Crippen molar-refractivity contribution in [1.29, 1.82) is 0 Å². The molecule has 7 heteroatoms. The van der Waals surface area contributed by atoms with Crippen molar-refractivity contribution in [2.24, 2.45) is 0 Å². The molecule has 1 aromatic heterocycles. The molecule has 0 saturated carbocycles. The molecule has 0 saturated heterocycles. The van der Waals surface area contributed by atoms with Crippen LogP contribution in [0.3, 0.4) is 0 Å². The number of hydrogen-bond donors (Lipinski definition) is 2. The number of nitrogens with one attached hydrogen (secondary N) is 1. The van der Waals surface area contributed by atoms with E-state index < -0.39 is 17.9 Å². The van der Waals surface area contributed by atoms with Crippen LogP contribution in [0.5, 0.6) is 0 Å². The molecule has 0 aliphatic carbocycles. The highest BCUT2D eigenvalue weighted by Gasteiger charge is 2.20. The van der Waals surface area contributed by atoms with Crippen LogP contribution in [0.2, 0.25) is 0 Å². The first-order chi connectivity index (χ1) is 9.49. The lowest BCUT2D eigenvalue weighted by molar-refractivity contribution is -0.139. The van der Waals surface area contributed by atoms with E-state index in [1.54, 1.807) is 0 Å². The monoisotopic (exact) mass is 281 g/mol. The van der Waals surface area contributed by atoms with Crippen molar-refractivity contribution in [3.8, 4) is 0 Å². The zero-order valence-electron chi connectivity index (χ0n) is 11.6. The van der Waals surface area contributed by atoms with Gasteiger partial charge < -0.3 is 10.4 Å². The molecule has 1 atom stereocenters. The van der Waals surface area contributed by atoms with Crippen LogP contribution in [-0.2, 0) is 11.3 Å². The van der Waals surface area contributed by atoms with Gasteiger partial charge in [0, 0.05) is 12.6 Å². The highest BCUT2D eigenvalue weighted by molar-refractivity contribution is 5.94. The first kappa shape index (κ1) is 15.9. The van der Waals surface area contributed by atoms with Gasteiger partial charge in [-0.15, -0.1) is 0 Å². The van der Waals surface area contributed by atoms with Gasteiger partial charge in [-0.3, -0.25) is 9.59 Å². The van der Waals surface area contributed by atoms with E-state index in [4.69, 9.17) is 5.11 Å². The minimum atomic E-state index is -1.08. The van der Waals surface area contributed by atoms with E-state index in [9.17, 15) is 14.4 Å². The molecule has 0 aliphatic heterocycles. The van der Waals surface area contributed by atoms with Crippen LogP contribution in [0.15, 0.2) is 16.9 Å². The third-order valence-corrected chi connectivity index (χ3v) is 2.72. The maximum absolute atomic E-state index is 11.9. The van der Waals surface area contributed by atoms with E-state index in [-0.39, 0.29) is 11.3 Å². The summed E-state index contributed by atoms with van der Waals surface area (Å²) in [4.78, 5) is 34.4. The molecule has 0 bridgehead atoms. The molecule has 1 heterocycles. The Morgan fingerprint density at radius 3 is 2.60 bits per heavy atom. The van der Waals surface area contributed by atoms with Crippen LogP contribution in [0.1, 0.15) is 43.6 Å². The second-order valence-electron chi connectivity index (χ2n) is 4.43. The van der Waals surface area contributed by atoms with Crippen molar-refractivity contribution in [3.05, 3.63) is 28.2 Å². The number of carbonyl (C=O) groups excluding carboxylic acids is 1. The van der Waals surface area contributed by atoms with Gasteiger partial charge in [0.15, 0.2) is 0 Å². The molecule has 20 heavy (non-hydrogen) atoms. The molecule has 0 unspecified atom stereocenters. The van der Waals surface area contributed by atoms with Gasteiger partial charge in [0.05, 0.1) is 0 Å². The van der Waals surface area contributed by atoms with Crippen molar-refractivity contribution in [1.82, 2.24) is 15.1 Å². The lowest BCUT2D eigenvalue weighted by Gasteiger charge is -2.13. The number of rotatable bonds is 7. The third-order valence-electron chi connectivity index (χ3n) is 2.72. The Morgan fingerprint density at radius 2 is 2.05 bits per heavy atom. The first-order valence-electron chi connectivity index (χ1n) is 6.61. The Kier molecular flexibility index (Phi) is 5.89. The van der Waals surface area contributed by atoms with E-state index in [1.807, 2.05) is 13.8 Å². The highest BCUT2D eigenvalue weighted by atomic mass is 16.4. The van der Waals surface area contributed by atoms with Gasteiger partial charge in [0.1, 0.15) is 11.7 Å². The molecule has 0 fully saturated rings. The summed E-state index contributed by atoms with van der Waals surface area (Å²) < 4.78 is 1.20. The Labute approximate surface area is 116 Å². The lowest BCUT2D eigenvalue weighted by atomic mass is 10.1. The van der Waals surface area contributed by atoms with Gasteiger partial charge in [-0.25, -0.2) is 9.48 Å². The second kappa shape index (κ2) is 7.42. The number of aliphatic carboxylic acids is 1. The normalized spacial score (nSPS) is 11.9. The first-order valence-corrected chi connectivity index (χ1v) is 6.61. The molecule has 1 aromatic rings. The molecular weight excluding hydrogens is 262 g/mol. The summed E-state index contributed by atoms with van der Waals surface area (Å²) >= 11 is 0. The SMILES string of the molecule is CCC[C@H](NC(=O)c1ccc(=O)n(CCC)n1)C(=O)O. The number of carboxylic acids is 1. The highest BCUT2D eigenvalue weighted by Crippen LogP contribution is 2.00. The molecule has 1 rings (SSSR count). The van der Waals surface area contributed by atoms with Crippen LogP contribution in [0.4, 0.5) is 0 Å². The van der Waals surface area contributed by atoms with Gasteiger partial charge in [-0.05, 0) is 18.9 Å². The van der Waals surface area contributed by atoms with Gasteiger partial charge in [0.2, 0.25) is 0 Å². The molecule has 0 spiro atoms. The summed E-state index contributed by atoms with van der Waals surface area (Å²) in [6.07, 6.45) is 1.70. The van der Waals surface area contributed by atoms with Crippen LogP contribution in [0.25, 0.3) is 0 Å². The Hall–Kier alpha value is -2.18. The number of aryl methyl sites for hydroxylation is 1. The van der Waals surface area contributed by atoms with Gasteiger partial charge in [0.25, 0.3) is 11.5 Å². The molecular formula is C13H19N3O4. The number of carboxylic acid groups (broad SMARTS) is 1. The zero-order chi connectivity index (χ0) is 15.1. The number of aromatic nitrogens is 2. The molecule has 0 radical (unpaired) electrons. The fraction of sp³-hybridized carbons (Fsp3) is 0.538. The average Bonchev–Trinajstić information content (AvgIpc) is 2.40. The second-order valence-corrected chi connectivity index (χ2v) is 4.43. The van der Waals surface area contributed by atoms with Gasteiger partial charge in [-0.2, -0.15) is 5.10 Å². The Balaban J connectivity index is 2.88. The third kappa shape index (κ3) is 4.18. The molecule has 0 aliphatic rings. The number of nitrogens with zero attached hydrogens (tertiary/aromatic N) is 2. The topological polar surface area (TPSA) is 101 Å². The number of hydrogen-bond acceptors (Lipinski definition) is 4. The minimum Gasteiger partial charge on any atom is -0.480 e. The lowest BCUT2D eigenvalue weighted by Crippen LogP contribution is -2.41. The van der Waals surface area contributed by atoms with Crippen molar-refractivity contribution >= 4 is 11.9 Å². The van der Waals surface area contributed by atoms with Crippen LogP contribution in [-0.4, -0.2) is 32.8 Å². The van der Waals surface area contributed by atoms with Crippen molar-refractivity contribution < 1.29 is 14.7 Å². The summed E-state index contributed by atoms with van der Waals surface area (Å²) in [5, 5.41) is 15.3. The quantitative estimate of drug-likeness (QED) is 0.763. The minimum absolute atomic E-state index is 0.0420. The number of carbonyl (C=O) groups is 2. The predicted molar refractivity (Wildman–Crippen MR) is 72.6 cm³/mol. The fourth-order valence-electron chi connectivity index (χ4n) is 1.72. The van der Waals surface area contributed by atoms with E-state index in [0.29, 0.717) is 25.8 Å². The standard InChI is InChI=1S/C13H19N3O4/c1-3-5-10(13(19)20)14-12(18)9-6-7-11(17)16(15-9)8-4-2/h6-7,10H,3-5,8H2,1-2H3,(H,14,18)(H,19,20)/t10-/m0/s1. The van der Waals surface area contributed by atoms with Crippen molar-refractivity contribution in [3.63, 3.8) is 0 Å². The summed E-state index contributed by atoms with van der Waals surface area (Å²) in [6.45, 7) is 4.14. The van der Waals surface area contributed by atoms with Crippen LogP contribution >= 0.6 is 0 Å². The predicted octanol–water partition coefficient (Wildman–Crippen LogP) is 0.636. The zero-order valence-corrected chi connectivity index (χ0v) is 11.6. The van der Waals surface area contributed by atoms with E-state index >= 15 is 0 Å². The largest absolute Gasteiger partial charge is 0.480 e. The van der Waals surface area contributed by atoms with E-state index in [0.717, 1.165) is 0 Å². The summed E-state index contributed by atoms with van der Waals surface area (Å²) in [5.41, 5.74) is -0.243. The molecule has 7 nitrogen and oxygen atoms in total. The van der Waals surface area contributed by atoms with Crippen LogP contribution < -0.4 is 10.9 Å². The maximum Gasteiger partial charge on any atom is 0.326 e. The smallest absolute Gasteiger partial charge is 0.326 e. The maximum atomic E-state index is 11.9.